The van der Waals surface area contributed by atoms with Gasteiger partial charge in [-0.1, -0.05) is 12.1 Å². The summed E-state index contributed by atoms with van der Waals surface area (Å²) in [5.74, 6) is 0.178. The number of anilines is 1. The molecule has 1 amide bonds. The van der Waals surface area contributed by atoms with E-state index in [2.05, 4.69) is 39.8 Å². The molecular formula is C16H20N4O. The Labute approximate surface area is 124 Å². The number of piperidine rings is 1. The van der Waals surface area contributed by atoms with E-state index in [-0.39, 0.29) is 5.91 Å². The van der Waals surface area contributed by atoms with Crippen LogP contribution in [0.25, 0.3) is 11.3 Å². The van der Waals surface area contributed by atoms with E-state index in [0.29, 0.717) is 6.04 Å². The van der Waals surface area contributed by atoms with Crippen molar-refractivity contribution >= 4 is 11.6 Å². The first-order valence-electron chi connectivity index (χ1n) is 7.34. The predicted molar refractivity (Wildman–Crippen MR) is 82.9 cm³/mol. The van der Waals surface area contributed by atoms with Crippen LogP contribution in [0.15, 0.2) is 36.5 Å². The molecule has 0 radical (unpaired) electrons. The molecule has 3 rings (SSSR count). The number of hydrogen-bond donors (Lipinski definition) is 2. The maximum atomic E-state index is 11.3. The molecular weight excluding hydrogens is 264 g/mol. The average molecular weight is 284 g/mol. The SMILES string of the molecule is CC(=O)N1CCC(Nc2ccc(-c3ccn[nH]3)cc2)CC1. The molecule has 0 saturated carbocycles. The van der Waals surface area contributed by atoms with Crippen molar-refractivity contribution < 1.29 is 4.79 Å². The molecule has 2 N–H and O–H groups in total. The molecule has 1 aromatic heterocycles. The maximum Gasteiger partial charge on any atom is 0.219 e. The number of hydrogen-bond acceptors (Lipinski definition) is 3. The van der Waals surface area contributed by atoms with Gasteiger partial charge >= 0.3 is 0 Å². The van der Waals surface area contributed by atoms with Crippen LogP contribution in [-0.4, -0.2) is 40.1 Å². The minimum absolute atomic E-state index is 0.178. The molecule has 1 aliphatic heterocycles. The van der Waals surface area contributed by atoms with Crippen LogP contribution in [0.3, 0.4) is 0 Å². The maximum absolute atomic E-state index is 11.3. The molecule has 0 aliphatic carbocycles. The van der Waals surface area contributed by atoms with Crippen molar-refractivity contribution in [2.24, 2.45) is 0 Å². The average Bonchev–Trinajstić information content (AvgIpc) is 3.03. The van der Waals surface area contributed by atoms with Gasteiger partial charge < -0.3 is 10.2 Å². The van der Waals surface area contributed by atoms with Gasteiger partial charge in [0.2, 0.25) is 5.91 Å². The third-order valence-electron chi connectivity index (χ3n) is 4.01. The first-order chi connectivity index (χ1) is 10.2. The molecule has 1 aromatic carbocycles. The van der Waals surface area contributed by atoms with Crippen LogP contribution < -0.4 is 5.32 Å². The van der Waals surface area contributed by atoms with Gasteiger partial charge in [0.25, 0.3) is 0 Å². The highest BCUT2D eigenvalue weighted by atomic mass is 16.2. The zero-order valence-corrected chi connectivity index (χ0v) is 12.2. The lowest BCUT2D eigenvalue weighted by Crippen LogP contribution is -2.41. The van der Waals surface area contributed by atoms with E-state index in [4.69, 9.17) is 0 Å². The van der Waals surface area contributed by atoms with Crippen molar-refractivity contribution in [2.45, 2.75) is 25.8 Å². The molecule has 1 saturated heterocycles. The standard InChI is InChI=1S/C16H20N4O/c1-12(21)20-10-7-15(8-11-20)18-14-4-2-13(3-5-14)16-6-9-17-19-16/h2-6,9,15,18H,7-8,10-11H2,1H3,(H,17,19). The van der Waals surface area contributed by atoms with Gasteiger partial charge in [0.05, 0.1) is 5.69 Å². The second kappa shape index (κ2) is 5.99. The number of rotatable bonds is 3. The Kier molecular flexibility index (Phi) is 3.90. The zero-order valence-electron chi connectivity index (χ0n) is 12.2. The molecule has 21 heavy (non-hydrogen) atoms. The number of aromatic nitrogens is 2. The smallest absolute Gasteiger partial charge is 0.219 e. The topological polar surface area (TPSA) is 61.0 Å². The van der Waals surface area contributed by atoms with Crippen LogP contribution in [0, 0.1) is 0 Å². The highest BCUT2D eigenvalue weighted by molar-refractivity contribution is 5.73. The Balaban J connectivity index is 1.58. The largest absolute Gasteiger partial charge is 0.382 e. The van der Waals surface area contributed by atoms with Crippen LogP contribution >= 0.6 is 0 Å². The fourth-order valence-electron chi connectivity index (χ4n) is 2.74. The number of nitrogens with one attached hydrogen (secondary N) is 2. The summed E-state index contributed by atoms with van der Waals surface area (Å²) in [6, 6.07) is 10.8. The first-order valence-corrected chi connectivity index (χ1v) is 7.34. The number of nitrogens with zero attached hydrogens (tertiary/aromatic N) is 2. The Bertz CT molecular complexity index is 583. The Morgan fingerprint density at radius 3 is 2.52 bits per heavy atom. The van der Waals surface area contributed by atoms with E-state index >= 15 is 0 Å². The molecule has 1 aliphatic rings. The van der Waals surface area contributed by atoms with Gasteiger partial charge in [-0.05, 0) is 36.6 Å². The van der Waals surface area contributed by atoms with Crippen molar-refractivity contribution in [3.8, 4) is 11.3 Å². The molecule has 0 spiro atoms. The van der Waals surface area contributed by atoms with Crippen LogP contribution in [-0.2, 0) is 4.79 Å². The summed E-state index contributed by atoms with van der Waals surface area (Å²) in [6.45, 7) is 3.33. The Hall–Kier alpha value is -2.30. The minimum atomic E-state index is 0.178. The number of aromatic amines is 1. The van der Waals surface area contributed by atoms with Crippen LogP contribution in [0.1, 0.15) is 19.8 Å². The number of amides is 1. The van der Waals surface area contributed by atoms with E-state index < -0.39 is 0 Å². The summed E-state index contributed by atoms with van der Waals surface area (Å²) in [5, 5.41) is 10.5. The number of carbonyl (C=O) groups excluding carboxylic acids is 1. The Morgan fingerprint density at radius 2 is 1.95 bits per heavy atom. The molecule has 5 nitrogen and oxygen atoms in total. The van der Waals surface area contributed by atoms with Crippen molar-refractivity contribution in [3.63, 3.8) is 0 Å². The number of H-pyrrole nitrogens is 1. The highest BCUT2D eigenvalue weighted by Gasteiger charge is 2.20. The quantitative estimate of drug-likeness (QED) is 0.910. The number of carbonyl (C=O) groups is 1. The van der Waals surface area contributed by atoms with E-state index in [1.807, 2.05) is 11.0 Å². The lowest BCUT2D eigenvalue weighted by Gasteiger charge is -2.32. The van der Waals surface area contributed by atoms with E-state index in [9.17, 15) is 4.79 Å². The molecule has 5 heteroatoms. The van der Waals surface area contributed by atoms with Gasteiger partial charge in [-0.3, -0.25) is 9.89 Å². The molecule has 0 atom stereocenters. The minimum Gasteiger partial charge on any atom is -0.382 e. The molecule has 110 valence electrons. The third-order valence-corrected chi connectivity index (χ3v) is 4.01. The summed E-state index contributed by atoms with van der Waals surface area (Å²) >= 11 is 0. The van der Waals surface area contributed by atoms with Gasteiger partial charge in [-0.25, -0.2) is 0 Å². The molecule has 2 aromatic rings. The normalized spacial score (nSPS) is 16.0. The summed E-state index contributed by atoms with van der Waals surface area (Å²) in [6.07, 6.45) is 3.76. The third kappa shape index (κ3) is 3.24. The van der Waals surface area contributed by atoms with Crippen LogP contribution in [0.4, 0.5) is 5.69 Å². The van der Waals surface area contributed by atoms with Crippen LogP contribution in [0.5, 0.6) is 0 Å². The van der Waals surface area contributed by atoms with Crippen LogP contribution in [0.2, 0.25) is 0 Å². The second-order valence-electron chi connectivity index (χ2n) is 5.47. The molecule has 0 bridgehead atoms. The van der Waals surface area contributed by atoms with E-state index in [1.54, 1.807) is 13.1 Å². The lowest BCUT2D eigenvalue weighted by molar-refractivity contribution is -0.129. The lowest BCUT2D eigenvalue weighted by atomic mass is 10.0. The van der Waals surface area contributed by atoms with Gasteiger partial charge in [0.15, 0.2) is 0 Å². The fourth-order valence-corrected chi connectivity index (χ4v) is 2.74. The van der Waals surface area contributed by atoms with Gasteiger partial charge in [0, 0.05) is 37.9 Å². The molecule has 2 heterocycles. The highest BCUT2D eigenvalue weighted by Crippen LogP contribution is 2.21. The summed E-state index contributed by atoms with van der Waals surface area (Å²) in [4.78, 5) is 13.2. The summed E-state index contributed by atoms with van der Waals surface area (Å²) in [7, 11) is 0. The molecule has 0 unspecified atom stereocenters. The van der Waals surface area contributed by atoms with Crippen molar-refractivity contribution in [3.05, 3.63) is 36.5 Å². The van der Waals surface area contributed by atoms with Crippen molar-refractivity contribution in [2.75, 3.05) is 18.4 Å². The summed E-state index contributed by atoms with van der Waals surface area (Å²) in [5.41, 5.74) is 3.28. The van der Waals surface area contributed by atoms with Crippen molar-refractivity contribution in [1.82, 2.24) is 15.1 Å². The Morgan fingerprint density at radius 1 is 1.24 bits per heavy atom. The monoisotopic (exact) mass is 284 g/mol. The molecule has 1 fully saturated rings. The summed E-state index contributed by atoms with van der Waals surface area (Å²) < 4.78 is 0. The number of benzene rings is 1. The first kappa shape index (κ1) is 13.7. The van der Waals surface area contributed by atoms with E-state index in [0.717, 1.165) is 42.9 Å². The van der Waals surface area contributed by atoms with Crippen molar-refractivity contribution in [1.29, 1.82) is 0 Å². The second-order valence-corrected chi connectivity index (χ2v) is 5.47. The van der Waals surface area contributed by atoms with E-state index in [1.165, 1.54) is 0 Å². The fraction of sp³-hybridized carbons (Fsp3) is 0.375. The number of likely N-dealkylation sites (tertiary alicyclic amines) is 1. The van der Waals surface area contributed by atoms with Gasteiger partial charge in [-0.15, -0.1) is 0 Å². The van der Waals surface area contributed by atoms with Gasteiger partial charge in [-0.2, -0.15) is 5.10 Å². The zero-order chi connectivity index (χ0) is 14.7. The van der Waals surface area contributed by atoms with Gasteiger partial charge in [0.1, 0.15) is 0 Å². The predicted octanol–water partition coefficient (Wildman–Crippen LogP) is 2.50.